The first-order valence-electron chi connectivity index (χ1n) is 6.75. The van der Waals surface area contributed by atoms with Crippen LogP contribution in [0.4, 0.5) is 0 Å². The second-order valence-corrected chi connectivity index (χ2v) is 7.18. The van der Waals surface area contributed by atoms with E-state index >= 15 is 0 Å². The van der Waals surface area contributed by atoms with Crippen LogP contribution in [0.15, 0.2) is 4.99 Å². The number of hydrogen-bond acceptors (Lipinski definition) is 4. The summed E-state index contributed by atoms with van der Waals surface area (Å²) in [6.45, 7) is 2.27. The second kappa shape index (κ2) is 6.93. The number of aliphatic imine (C=N–C) groups is 1. The number of hydrogen-bond donors (Lipinski definition) is 1. The number of nitrogens with zero attached hydrogens (tertiary/aromatic N) is 1. The zero-order valence-electron chi connectivity index (χ0n) is 10.9. The molecule has 1 N–H and O–H groups in total. The molecule has 17 heavy (non-hydrogen) atoms. The molecule has 1 aliphatic carbocycles. The molecule has 0 amide bonds. The van der Waals surface area contributed by atoms with Crippen molar-refractivity contribution >= 4 is 28.7 Å². The molecule has 1 aliphatic heterocycles. The molecule has 2 aliphatic rings. The fourth-order valence-electron chi connectivity index (χ4n) is 2.58. The van der Waals surface area contributed by atoms with Gasteiger partial charge in [0.15, 0.2) is 5.17 Å². The van der Waals surface area contributed by atoms with Crippen LogP contribution in [0, 0.1) is 5.92 Å². The highest BCUT2D eigenvalue weighted by Gasteiger charge is 2.29. The Hall–Kier alpha value is 0.170. The summed E-state index contributed by atoms with van der Waals surface area (Å²) in [7, 11) is 0. The molecule has 2 nitrogen and oxygen atoms in total. The minimum Gasteiger partial charge on any atom is -0.362 e. The summed E-state index contributed by atoms with van der Waals surface area (Å²) in [5.41, 5.74) is 0. The van der Waals surface area contributed by atoms with E-state index in [1.165, 1.54) is 48.8 Å². The summed E-state index contributed by atoms with van der Waals surface area (Å²) < 4.78 is 0. The maximum atomic E-state index is 4.91. The van der Waals surface area contributed by atoms with E-state index in [1.807, 2.05) is 23.5 Å². The van der Waals surface area contributed by atoms with Gasteiger partial charge < -0.3 is 5.32 Å². The van der Waals surface area contributed by atoms with Crippen molar-refractivity contribution < 1.29 is 0 Å². The fraction of sp³-hybridized carbons (Fsp3) is 0.923. The molecule has 3 unspecified atom stereocenters. The highest BCUT2D eigenvalue weighted by molar-refractivity contribution is 8.13. The number of nitrogens with one attached hydrogen (secondary N) is 1. The molecule has 1 fully saturated rings. The van der Waals surface area contributed by atoms with Crippen molar-refractivity contribution in [2.75, 3.05) is 17.8 Å². The predicted molar refractivity (Wildman–Crippen MR) is 81.2 cm³/mol. The van der Waals surface area contributed by atoms with Gasteiger partial charge in [0.1, 0.15) is 0 Å². The van der Waals surface area contributed by atoms with Gasteiger partial charge in [-0.05, 0) is 44.1 Å². The standard InChI is InChI=1S/C13H24N2S2/c1-10(7-8-16-2)14-13-15-12-6-4-3-5-11(12)9-17-13/h10-12H,3-9H2,1-2H3,(H,14,15). The molecule has 1 heterocycles. The van der Waals surface area contributed by atoms with E-state index in [0.717, 1.165) is 5.92 Å². The number of rotatable bonds is 4. The maximum absolute atomic E-state index is 4.91. The molecule has 98 valence electrons. The van der Waals surface area contributed by atoms with E-state index in [-0.39, 0.29) is 0 Å². The molecular formula is C13H24N2S2. The van der Waals surface area contributed by atoms with Crippen molar-refractivity contribution in [1.82, 2.24) is 5.32 Å². The van der Waals surface area contributed by atoms with Crippen LogP contribution in [0.25, 0.3) is 0 Å². The Morgan fingerprint density at radius 1 is 1.47 bits per heavy atom. The van der Waals surface area contributed by atoms with Crippen molar-refractivity contribution in [3.63, 3.8) is 0 Å². The normalized spacial score (nSPS) is 30.4. The third-order valence-electron chi connectivity index (χ3n) is 3.71. The third kappa shape index (κ3) is 4.09. The Kier molecular flexibility index (Phi) is 5.54. The van der Waals surface area contributed by atoms with E-state index < -0.39 is 0 Å². The van der Waals surface area contributed by atoms with Crippen LogP contribution in [-0.4, -0.2) is 35.0 Å². The first-order chi connectivity index (χ1) is 8.29. The molecule has 0 spiro atoms. The van der Waals surface area contributed by atoms with Gasteiger partial charge in [0.25, 0.3) is 0 Å². The zero-order valence-corrected chi connectivity index (χ0v) is 12.6. The van der Waals surface area contributed by atoms with Gasteiger partial charge in [-0.1, -0.05) is 24.6 Å². The maximum Gasteiger partial charge on any atom is 0.157 e. The summed E-state index contributed by atoms with van der Waals surface area (Å²) in [5.74, 6) is 3.38. The fourth-order valence-corrected chi connectivity index (χ4v) is 4.43. The Balaban J connectivity index is 1.82. The minimum atomic E-state index is 0.564. The highest BCUT2D eigenvalue weighted by atomic mass is 32.2. The molecule has 0 saturated heterocycles. The van der Waals surface area contributed by atoms with E-state index in [4.69, 9.17) is 4.99 Å². The van der Waals surface area contributed by atoms with Crippen LogP contribution in [0.3, 0.4) is 0 Å². The van der Waals surface area contributed by atoms with Gasteiger partial charge in [-0.15, -0.1) is 0 Å². The van der Waals surface area contributed by atoms with Crippen LogP contribution in [0.5, 0.6) is 0 Å². The summed E-state index contributed by atoms with van der Waals surface area (Å²) in [6.07, 6.45) is 8.92. The molecule has 1 saturated carbocycles. The van der Waals surface area contributed by atoms with Crippen LogP contribution < -0.4 is 5.32 Å². The molecule has 4 heteroatoms. The lowest BCUT2D eigenvalue weighted by molar-refractivity contribution is 0.335. The van der Waals surface area contributed by atoms with Crippen molar-refractivity contribution in [1.29, 1.82) is 0 Å². The molecule has 0 aromatic heterocycles. The first-order valence-corrected chi connectivity index (χ1v) is 9.13. The van der Waals surface area contributed by atoms with Crippen molar-refractivity contribution in [3.8, 4) is 0 Å². The minimum absolute atomic E-state index is 0.564. The third-order valence-corrected chi connectivity index (χ3v) is 5.45. The van der Waals surface area contributed by atoms with Gasteiger partial charge in [-0.2, -0.15) is 11.8 Å². The van der Waals surface area contributed by atoms with Gasteiger partial charge >= 0.3 is 0 Å². The van der Waals surface area contributed by atoms with E-state index in [0.29, 0.717) is 12.1 Å². The van der Waals surface area contributed by atoms with Gasteiger partial charge in [0.05, 0.1) is 6.04 Å². The molecule has 2 rings (SSSR count). The summed E-state index contributed by atoms with van der Waals surface area (Å²) in [5, 5.41) is 4.80. The predicted octanol–water partition coefficient (Wildman–Crippen LogP) is 3.38. The van der Waals surface area contributed by atoms with E-state index in [9.17, 15) is 0 Å². The van der Waals surface area contributed by atoms with E-state index in [2.05, 4.69) is 18.5 Å². The summed E-state index contributed by atoms with van der Waals surface area (Å²) in [6, 6.07) is 1.19. The lowest BCUT2D eigenvalue weighted by Crippen LogP contribution is -2.38. The van der Waals surface area contributed by atoms with Crippen LogP contribution in [0.2, 0.25) is 0 Å². The smallest absolute Gasteiger partial charge is 0.157 e. The average Bonchev–Trinajstić information content (AvgIpc) is 2.36. The molecule has 3 atom stereocenters. The Morgan fingerprint density at radius 2 is 2.29 bits per heavy atom. The van der Waals surface area contributed by atoms with Crippen LogP contribution in [-0.2, 0) is 0 Å². The Labute approximate surface area is 114 Å². The van der Waals surface area contributed by atoms with Crippen LogP contribution in [0.1, 0.15) is 39.0 Å². The van der Waals surface area contributed by atoms with Gasteiger partial charge in [0, 0.05) is 11.8 Å². The van der Waals surface area contributed by atoms with Gasteiger partial charge in [-0.3, -0.25) is 4.99 Å². The van der Waals surface area contributed by atoms with Crippen molar-refractivity contribution in [3.05, 3.63) is 0 Å². The Bertz CT molecular complexity index is 268. The quantitative estimate of drug-likeness (QED) is 0.849. The van der Waals surface area contributed by atoms with E-state index in [1.54, 1.807) is 0 Å². The Morgan fingerprint density at radius 3 is 3.12 bits per heavy atom. The molecule has 0 bridgehead atoms. The van der Waals surface area contributed by atoms with Gasteiger partial charge in [0.2, 0.25) is 0 Å². The largest absolute Gasteiger partial charge is 0.362 e. The monoisotopic (exact) mass is 272 g/mol. The number of thioether (sulfide) groups is 2. The van der Waals surface area contributed by atoms with Crippen molar-refractivity contribution in [2.24, 2.45) is 10.9 Å². The molecule has 0 radical (unpaired) electrons. The lowest BCUT2D eigenvalue weighted by atomic mass is 9.86. The van der Waals surface area contributed by atoms with Crippen molar-refractivity contribution in [2.45, 2.75) is 51.1 Å². The average molecular weight is 272 g/mol. The number of fused-ring (bicyclic) bond motifs is 1. The summed E-state index contributed by atoms with van der Waals surface area (Å²) >= 11 is 3.87. The van der Waals surface area contributed by atoms with Gasteiger partial charge in [-0.25, -0.2) is 0 Å². The lowest BCUT2D eigenvalue weighted by Gasteiger charge is -2.33. The zero-order chi connectivity index (χ0) is 12.1. The summed E-state index contributed by atoms with van der Waals surface area (Å²) in [4.78, 5) is 4.91. The van der Waals surface area contributed by atoms with Crippen LogP contribution >= 0.6 is 23.5 Å². The number of amidine groups is 1. The second-order valence-electron chi connectivity index (χ2n) is 5.18. The first kappa shape index (κ1) is 13.6. The highest BCUT2D eigenvalue weighted by Crippen LogP contribution is 2.33. The molecular weight excluding hydrogens is 248 g/mol. The topological polar surface area (TPSA) is 24.4 Å². The SMILES string of the molecule is CSCCC(C)NC1=NC2CCCCC2CS1. The molecule has 0 aromatic rings. The molecule has 0 aromatic carbocycles.